The number of rotatable bonds is 4. The smallest absolute Gasteiger partial charge is 0.177 e. The third-order valence-electron chi connectivity index (χ3n) is 5.65. The Morgan fingerprint density at radius 2 is 1.23 bits per heavy atom. The van der Waals surface area contributed by atoms with Crippen LogP contribution in [0.4, 0.5) is 0 Å². The largest absolute Gasteiger partial charge is 0.261 e. The first kappa shape index (κ1) is 21.4. The van der Waals surface area contributed by atoms with Crippen LogP contribution in [0.15, 0.2) is 115 Å². The Bertz CT molecular complexity index is 1260. The molecule has 0 saturated carbocycles. The van der Waals surface area contributed by atoms with E-state index in [0.29, 0.717) is 5.69 Å². The summed E-state index contributed by atoms with van der Waals surface area (Å²) in [5.74, 6) is 0. The molecule has 0 spiro atoms. The van der Waals surface area contributed by atoms with E-state index in [1.165, 1.54) is 26.3 Å². The summed E-state index contributed by atoms with van der Waals surface area (Å²) in [5, 5.41) is 7.12. The van der Waals surface area contributed by atoms with Crippen LogP contribution >= 0.6 is 0 Å². The zero-order chi connectivity index (χ0) is 20.4. The Hall–Kier alpha value is -2.84. The maximum Gasteiger partial charge on any atom is 0.177 e. The zero-order valence-corrected chi connectivity index (χ0v) is 20.2. The van der Waals surface area contributed by atoms with Crippen LogP contribution in [-0.4, -0.2) is 13.1 Å². The molecular formula is C28H20IrNSi-. The van der Waals surface area contributed by atoms with Crippen molar-refractivity contribution >= 4 is 39.7 Å². The summed E-state index contributed by atoms with van der Waals surface area (Å²) in [6, 6.07) is 43.8. The monoisotopic (exact) mass is 591 g/mol. The Kier molecular flexibility index (Phi) is 6.29. The molecule has 0 bridgehead atoms. The molecule has 3 heteroatoms. The fourth-order valence-corrected chi connectivity index (χ4v) is 8.80. The average Bonchev–Trinajstić information content (AvgIpc) is 2.81. The molecule has 0 atom stereocenters. The minimum atomic E-state index is -2.70. The first-order chi connectivity index (χ1) is 14.8. The Morgan fingerprint density at radius 3 is 1.84 bits per heavy atom. The second-order valence-corrected chi connectivity index (χ2v) is 11.1. The summed E-state index contributed by atoms with van der Waals surface area (Å²) in [5.41, 5.74) is 0.539. The van der Waals surface area contributed by atoms with Gasteiger partial charge in [0.05, 0.1) is 0 Å². The van der Waals surface area contributed by atoms with Crippen molar-refractivity contribution in [3.05, 3.63) is 134 Å². The molecule has 0 fully saturated rings. The number of benzene rings is 4. The van der Waals surface area contributed by atoms with Crippen molar-refractivity contribution < 1.29 is 20.1 Å². The van der Waals surface area contributed by atoms with Gasteiger partial charge in [-0.1, -0.05) is 84.9 Å². The van der Waals surface area contributed by atoms with Crippen LogP contribution in [0.3, 0.4) is 0 Å². The van der Waals surface area contributed by atoms with Crippen LogP contribution in [0.25, 0.3) is 10.8 Å². The molecule has 4 aromatic carbocycles. The van der Waals surface area contributed by atoms with Crippen molar-refractivity contribution in [2.24, 2.45) is 0 Å². The quantitative estimate of drug-likeness (QED) is 0.178. The average molecular weight is 591 g/mol. The first-order valence-corrected chi connectivity index (χ1v) is 12.0. The number of nitrogens with zero attached hydrogens (tertiary/aromatic N) is 1. The van der Waals surface area contributed by atoms with Gasteiger partial charge in [-0.25, -0.2) is 0 Å². The van der Waals surface area contributed by atoms with E-state index in [-0.39, 0.29) is 20.1 Å². The normalized spacial score (nSPS) is 11.1. The SMILES string of the molecule is [CH]c1cccc([Si](c2[c-]cc3ccccc3c2)(c2ccccc2)c2ccccc2)n1.[Ir]. The minimum Gasteiger partial charge on any atom is -0.261 e. The van der Waals surface area contributed by atoms with Crippen molar-refractivity contribution in [2.75, 3.05) is 0 Å². The van der Waals surface area contributed by atoms with Crippen molar-refractivity contribution in [1.82, 2.24) is 4.98 Å². The van der Waals surface area contributed by atoms with Gasteiger partial charge >= 0.3 is 0 Å². The van der Waals surface area contributed by atoms with E-state index < -0.39 is 8.07 Å². The van der Waals surface area contributed by atoms with Gasteiger partial charge in [-0.15, -0.1) is 16.8 Å². The fraction of sp³-hybridized carbons (Fsp3) is 0. The number of aromatic nitrogens is 1. The molecule has 1 nitrogen and oxygen atoms in total. The molecule has 0 amide bonds. The summed E-state index contributed by atoms with van der Waals surface area (Å²) in [4.78, 5) is 4.87. The van der Waals surface area contributed by atoms with Gasteiger partial charge in [-0.3, -0.25) is 4.98 Å². The number of hydrogen-bond acceptors (Lipinski definition) is 1. The van der Waals surface area contributed by atoms with Gasteiger partial charge < -0.3 is 0 Å². The van der Waals surface area contributed by atoms with Crippen LogP contribution < -0.4 is 20.9 Å². The summed E-state index contributed by atoms with van der Waals surface area (Å²) < 4.78 is 0. The molecule has 0 unspecified atom stereocenters. The van der Waals surface area contributed by atoms with Gasteiger partial charge in [0.2, 0.25) is 0 Å². The maximum absolute atomic E-state index is 6.18. The molecule has 0 N–H and O–H groups in total. The van der Waals surface area contributed by atoms with E-state index in [4.69, 9.17) is 11.9 Å². The van der Waals surface area contributed by atoms with E-state index in [1.54, 1.807) is 0 Å². The van der Waals surface area contributed by atoms with Crippen molar-refractivity contribution in [2.45, 2.75) is 0 Å². The van der Waals surface area contributed by atoms with Crippen molar-refractivity contribution in [3.8, 4) is 0 Å². The Labute approximate surface area is 198 Å². The molecule has 0 aliphatic rings. The van der Waals surface area contributed by atoms with Gasteiger partial charge in [0.15, 0.2) is 8.07 Å². The summed E-state index contributed by atoms with van der Waals surface area (Å²) in [6.45, 7) is 6.18. The van der Waals surface area contributed by atoms with E-state index in [9.17, 15) is 0 Å². The third-order valence-corrected chi connectivity index (χ3v) is 10.2. The van der Waals surface area contributed by atoms with Gasteiger partial charge in [-0.05, 0) is 22.5 Å². The predicted molar refractivity (Wildman–Crippen MR) is 128 cm³/mol. The molecule has 0 aliphatic carbocycles. The summed E-state index contributed by atoms with van der Waals surface area (Å²) >= 11 is 0. The van der Waals surface area contributed by atoms with Crippen LogP contribution in [0.2, 0.25) is 0 Å². The second-order valence-electron chi connectivity index (χ2n) is 7.41. The second kappa shape index (κ2) is 9.11. The van der Waals surface area contributed by atoms with Crippen molar-refractivity contribution in [3.63, 3.8) is 0 Å². The molecular weight excluding hydrogens is 571 g/mol. The molecule has 1 aromatic heterocycles. The molecule has 5 rings (SSSR count). The van der Waals surface area contributed by atoms with E-state index in [1.807, 2.05) is 12.1 Å². The Balaban J connectivity index is 0.00000231. The van der Waals surface area contributed by atoms with Gasteiger partial charge in [0.1, 0.15) is 0 Å². The topological polar surface area (TPSA) is 12.9 Å². The van der Waals surface area contributed by atoms with Crippen molar-refractivity contribution in [1.29, 1.82) is 0 Å². The predicted octanol–water partition coefficient (Wildman–Crippen LogP) is 3.47. The molecule has 1 heterocycles. The maximum atomic E-state index is 6.18. The van der Waals surface area contributed by atoms with Crippen LogP contribution in [0.1, 0.15) is 5.69 Å². The van der Waals surface area contributed by atoms with Crippen LogP contribution in [0.5, 0.6) is 0 Å². The van der Waals surface area contributed by atoms with Gasteiger partial charge in [-0.2, -0.15) is 23.4 Å². The first-order valence-electron chi connectivity index (χ1n) is 10.0. The molecule has 151 valence electrons. The molecule has 31 heavy (non-hydrogen) atoms. The number of pyridine rings is 1. The minimum absolute atomic E-state index is 0. The standard InChI is InChI=1S/C28H20NSi.Ir/c1-22-11-10-18-28(29-22)30(25-14-4-2-5-15-25,26-16-6-3-7-17-26)27-20-19-23-12-8-9-13-24(23)21-27;/h1-19,21H;/q-1;. The van der Waals surface area contributed by atoms with Crippen LogP contribution in [-0.2, 0) is 20.1 Å². The third kappa shape index (κ3) is 3.81. The van der Waals surface area contributed by atoms with E-state index >= 15 is 0 Å². The van der Waals surface area contributed by atoms with Crippen LogP contribution in [0, 0.1) is 13.0 Å². The van der Waals surface area contributed by atoms with E-state index in [2.05, 4.69) is 109 Å². The number of fused-ring (bicyclic) bond motifs is 1. The summed E-state index contributed by atoms with van der Waals surface area (Å²) in [6.07, 6.45) is 0. The summed E-state index contributed by atoms with van der Waals surface area (Å²) in [7, 11) is -2.70. The molecule has 0 saturated heterocycles. The molecule has 5 aromatic rings. The Morgan fingerprint density at radius 1 is 0.645 bits per heavy atom. The number of hydrogen-bond donors (Lipinski definition) is 0. The van der Waals surface area contributed by atoms with Gasteiger partial charge in [0.25, 0.3) is 0 Å². The molecule has 0 aliphatic heterocycles. The fourth-order valence-electron chi connectivity index (χ4n) is 4.29. The van der Waals surface area contributed by atoms with E-state index in [0.717, 1.165) is 5.32 Å². The van der Waals surface area contributed by atoms with Gasteiger partial charge in [0, 0.05) is 38.0 Å². The molecule has 3 radical (unpaired) electrons. The zero-order valence-electron chi connectivity index (χ0n) is 16.8.